The summed E-state index contributed by atoms with van der Waals surface area (Å²) in [5.74, 6) is 0. The quantitative estimate of drug-likeness (QED) is 0.107. The Kier molecular flexibility index (Phi) is 7.82. The van der Waals surface area contributed by atoms with Crippen LogP contribution in [0.1, 0.15) is 43.0 Å². The molecule has 48 heavy (non-hydrogen) atoms. The maximum absolute atomic E-state index is 13.8. The Balaban J connectivity index is 1.20. The van der Waals surface area contributed by atoms with Crippen molar-refractivity contribution >= 4 is 44.9 Å². The van der Waals surface area contributed by atoms with E-state index in [9.17, 15) is 20.1 Å². The van der Waals surface area contributed by atoms with Crippen LogP contribution in [0.25, 0.3) is 43.1 Å². The normalized spacial score (nSPS) is 13.8. The average Bonchev–Trinajstić information content (AvgIpc) is 3.63. The number of rotatable bonds is 4. The number of benzene rings is 5. The molecule has 0 saturated heterocycles. The third kappa shape index (κ3) is 4.91. The first-order valence-electron chi connectivity index (χ1n) is 14.5. The smallest absolute Gasteiger partial charge is 0.270 e. The van der Waals surface area contributed by atoms with Gasteiger partial charge in [0.2, 0.25) is 10.2 Å². The molecule has 2 aliphatic rings. The van der Waals surface area contributed by atoms with Gasteiger partial charge in [-0.25, -0.2) is 20.2 Å². The zero-order chi connectivity index (χ0) is 33.4. The highest BCUT2D eigenvalue weighted by atomic mass is 32.2. The number of carbonyl (C=O) groups is 2. The van der Waals surface area contributed by atoms with E-state index in [0.717, 1.165) is 45.8 Å². The fraction of sp³-hybridized carbons (Fsp3) is 0. The van der Waals surface area contributed by atoms with Gasteiger partial charge in [-0.1, -0.05) is 78.9 Å². The van der Waals surface area contributed by atoms with Crippen LogP contribution in [0.4, 0.5) is 0 Å². The molecule has 7 rings (SSSR count). The van der Waals surface area contributed by atoms with Gasteiger partial charge in [0.05, 0.1) is 25.3 Å². The Bertz CT molecular complexity index is 2300. The molecule has 0 aromatic heterocycles. The summed E-state index contributed by atoms with van der Waals surface area (Å²) in [6.07, 6.45) is 0. The second-order valence-electron chi connectivity index (χ2n) is 10.7. The van der Waals surface area contributed by atoms with Gasteiger partial charge in [0.15, 0.2) is 0 Å². The van der Waals surface area contributed by atoms with E-state index in [1.54, 1.807) is 36.4 Å². The first-order chi connectivity index (χ1) is 23.5. The topological polar surface area (TPSA) is 90.4 Å². The summed E-state index contributed by atoms with van der Waals surface area (Å²) in [5.41, 5.74) is 7.80. The molecule has 222 valence electrons. The summed E-state index contributed by atoms with van der Waals surface area (Å²) < 4.78 is 0. The molecule has 0 bridgehead atoms. The Hall–Kier alpha value is -6.42. The van der Waals surface area contributed by atoms with Gasteiger partial charge in [0.1, 0.15) is 0 Å². The van der Waals surface area contributed by atoms with Crippen LogP contribution in [0.5, 0.6) is 0 Å². The summed E-state index contributed by atoms with van der Waals surface area (Å²) >= 11 is 2.09. The van der Waals surface area contributed by atoms with Crippen molar-refractivity contribution in [2.45, 2.75) is 9.79 Å². The van der Waals surface area contributed by atoms with Crippen molar-refractivity contribution in [1.29, 1.82) is 10.5 Å². The van der Waals surface area contributed by atoms with E-state index >= 15 is 0 Å². The summed E-state index contributed by atoms with van der Waals surface area (Å²) in [6.45, 7) is 15.1. The first kappa shape index (κ1) is 30.2. The molecule has 0 aliphatic heterocycles. The van der Waals surface area contributed by atoms with Gasteiger partial charge in [-0.05, 0) is 87.2 Å². The average molecular weight is 651 g/mol. The fourth-order valence-corrected chi connectivity index (χ4v) is 8.01. The maximum Gasteiger partial charge on any atom is 0.270 e. The molecule has 0 unspecified atom stereocenters. The van der Waals surface area contributed by atoms with Gasteiger partial charge in [0.25, 0.3) is 11.4 Å². The predicted octanol–water partition coefficient (Wildman–Crippen LogP) is 9.92. The number of hydrogen-bond acceptors (Lipinski definition) is 6. The second-order valence-corrected chi connectivity index (χ2v) is 12.8. The number of nitrogens with zero attached hydrogens (tertiary/aromatic N) is 4. The van der Waals surface area contributed by atoms with E-state index in [1.165, 1.54) is 0 Å². The molecule has 0 radical (unpaired) electrons. The molecule has 8 heteroatoms. The standard InChI is InChI=1S/C40H18N4O2S2/c1-43-33(21-41)37-27-14-5-3-12-25(27)35-29(37)16-8-18-31(35)39(45)47-23-10-7-11-24(20-23)48-40(46)32-19-9-17-30-36(32)26-13-4-6-15-28(26)38(30)34(22-42)44-2/h3-20H. The molecule has 2 aliphatic carbocycles. The molecule has 0 atom stereocenters. The lowest BCUT2D eigenvalue weighted by Crippen LogP contribution is -1.99. The molecular formula is C40H18N4O2S2. The van der Waals surface area contributed by atoms with Gasteiger partial charge >= 0.3 is 0 Å². The zero-order valence-electron chi connectivity index (χ0n) is 24.8. The van der Waals surface area contributed by atoms with Crippen molar-refractivity contribution in [2.75, 3.05) is 0 Å². The molecule has 0 fully saturated rings. The van der Waals surface area contributed by atoms with Crippen molar-refractivity contribution in [2.24, 2.45) is 0 Å². The molecule has 5 aromatic rings. The number of hydrogen-bond donors (Lipinski definition) is 0. The van der Waals surface area contributed by atoms with Crippen molar-refractivity contribution < 1.29 is 9.59 Å². The van der Waals surface area contributed by atoms with Crippen LogP contribution in [0.2, 0.25) is 0 Å². The minimum Gasteiger partial charge on any atom is -0.281 e. The highest BCUT2D eigenvalue weighted by Gasteiger charge is 2.31. The van der Waals surface area contributed by atoms with Crippen molar-refractivity contribution in [3.05, 3.63) is 177 Å². The zero-order valence-corrected chi connectivity index (χ0v) is 26.4. The van der Waals surface area contributed by atoms with E-state index in [0.29, 0.717) is 54.3 Å². The van der Waals surface area contributed by atoms with E-state index in [4.69, 9.17) is 13.1 Å². The lowest BCUT2D eigenvalue weighted by atomic mass is 9.99. The highest BCUT2D eigenvalue weighted by molar-refractivity contribution is 8.14. The summed E-state index contributed by atoms with van der Waals surface area (Å²) in [4.78, 5) is 35.9. The van der Waals surface area contributed by atoms with E-state index in [-0.39, 0.29) is 21.6 Å². The van der Waals surface area contributed by atoms with Crippen LogP contribution in [0.3, 0.4) is 0 Å². The van der Waals surface area contributed by atoms with Crippen LogP contribution in [0.15, 0.2) is 130 Å². The van der Waals surface area contributed by atoms with Crippen LogP contribution >= 0.6 is 23.5 Å². The molecular weight excluding hydrogens is 633 g/mol. The Morgan fingerprint density at radius 2 is 0.896 bits per heavy atom. The van der Waals surface area contributed by atoms with Gasteiger partial charge < -0.3 is 0 Å². The third-order valence-corrected chi connectivity index (χ3v) is 9.96. The second kappa shape index (κ2) is 12.4. The van der Waals surface area contributed by atoms with Gasteiger partial charge in [-0.15, -0.1) is 0 Å². The number of allylic oxidation sites excluding steroid dienone is 2. The van der Waals surface area contributed by atoms with Crippen LogP contribution in [-0.2, 0) is 0 Å². The molecule has 0 amide bonds. The fourth-order valence-electron chi connectivity index (χ4n) is 6.28. The monoisotopic (exact) mass is 650 g/mol. The molecule has 0 heterocycles. The molecule has 0 N–H and O–H groups in total. The summed E-state index contributed by atoms with van der Waals surface area (Å²) in [5, 5.41) is 18.9. The molecule has 6 nitrogen and oxygen atoms in total. The number of thioether (sulfide) groups is 2. The van der Waals surface area contributed by atoms with Gasteiger partial charge in [-0.2, -0.15) is 0 Å². The van der Waals surface area contributed by atoms with Crippen molar-refractivity contribution in [3.8, 4) is 34.4 Å². The summed E-state index contributed by atoms with van der Waals surface area (Å²) in [7, 11) is 0. The summed E-state index contributed by atoms with van der Waals surface area (Å²) in [6, 6.07) is 36.9. The van der Waals surface area contributed by atoms with E-state index < -0.39 is 0 Å². The third-order valence-electron chi connectivity index (χ3n) is 8.17. The maximum atomic E-state index is 13.8. The molecule has 0 spiro atoms. The van der Waals surface area contributed by atoms with Crippen molar-refractivity contribution in [1.82, 2.24) is 0 Å². The number of nitriles is 2. The minimum absolute atomic E-state index is 0.0236. The number of carbonyl (C=O) groups excluding carboxylic acids is 2. The Labute approximate surface area is 284 Å². The molecule has 5 aromatic carbocycles. The predicted molar refractivity (Wildman–Crippen MR) is 187 cm³/mol. The minimum atomic E-state index is -0.206. The highest BCUT2D eigenvalue weighted by Crippen LogP contribution is 2.50. The van der Waals surface area contributed by atoms with Crippen molar-refractivity contribution in [3.63, 3.8) is 0 Å². The van der Waals surface area contributed by atoms with Gasteiger partial charge in [-0.3, -0.25) is 9.59 Å². The van der Waals surface area contributed by atoms with Crippen LogP contribution in [0, 0.1) is 35.8 Å². The largest absolute Gasteiger partial charge is 0.281 e. The molecule has 0 saturated carbocycles. The number of fused-ring (bicyclic) bond motifs is 6. The van der Waals surface area contributed by atoms with Gasteiger partial charge in [0, 0.05) is 43.2 Å². The SMILES string of the molecule is [C-]#[N+]C(C#N)=C1c2ccccc2-c2c(C(=O)Sc3cccc(SC(=O)c4cccc5c4-c4ccccc4C5=C(C#N)[N+]#[C-])c3)cccc21. The van der Waals surface area contributed by atoms with Crippen LogP contribution in [-0.4, -0.2) is 10.2 Å². The Morgan fingerprint density at radius 3 is 1.29 bits per heavy atom. The van der Waals surface area contributed by atoms with Crippen LogP contribution < -0.4 is 0 Å². The Morgan fingerprint density at radius 1 is 0.521 bits per heavy atom. The lowest BCUT2D eigenvalue weighted by Gasteiger charge is -2.10. The first-order valence-corrected chi connectivity index (χ1v) is 16.2. The van der Waals surface area contributed by atoms with E-state index in [1.807, 2.05) is 84.9 Å². The lowest BCUT2D eigenvalue weighted by molar-refractivity contribution is 0.108. The van der Waals surface area contributed by atoms with E-state index in [2.05, 4.69) is 9.69 Å².